The van der Waals surface area contributed by atoms with Gasteiger partial charge in [0.15, 0.2) is 18.0 Å². The van der Waals surface area contributed by atoms with Gasteiger partial charge in [-0.15, -0.1) is 0 Å². The standard InChI is InChI=1S/C15H12O4/c16-10-7-5-9(6-8-10)15-14(18)13(17)11-3-1-2-4-12(11)19-15/h1-8,14-16,18H/t14-,15-/m1/s1. The van der Waals surface area contributed by atoms with Gasteiger partial charge in [0.1, 0.15) is 11.5 Å². The summed E-state index contributed by atoms with van der Waals surface area (Å²) in [5, 5.41) is 19.3. The normalized spacial score (nSPS) is 21.6. The molecule has 1 aliphatic rings. The highest BCUT2D eigenvalue weighted by atomic mass is 16.5. The second-order valence-corrected chi connectivity index (χ2v) is 4.44. The summed E-state index contributed by atoms with van der Waals surface area (Å²) < 4.78 is 5.69. The predicted molar refractivity (Wildman–Crippen MR) is 68.3 cm³/mol. The van der Waals surface area contributed by atoms with Crippen molar-refractivity contribution in [1.29, 1.82) is 0 Å². The number of rotatable bonds is 1. The predicted octanol–water partition coefficient (Wildman–Crippen LogP) is 2.07. The van der Waals surface area contributed by atoms with E-state index in [4.69, 9.17) is 4.74 Å². The highest BCUT2D eigenvalue weighted by molar-refractivity contribution is 6.03. The Morgan fingerprint density at radius 3 is 2.42 bits per heavy atom. The first-order valence-corrected chi connectivity index (χ1v) is 5.94. The van der Waals surface area contributed by atoms with E-state index < -0.39 is 12.2 Å². The van der Waals surface area contributed by atoms with Crippen molar-refractivity contribution < 1.29 is 19.7 Å². The number of hydrogen-bond acceptors (Lipinski definition) is 4. The second-order valence-electron chi connectivity index (χ2n) is 4.44. The van der Waals surface area contributed by atoms with Gasteiger partial charge in [-0.1, -0.05) is 24.3 Å². The van der Waals surface area contributed by atoms with Crippen molar-refractivity contribution in [2.24, 2.45) is 0 Å². The van der Waals surface area contributed by atoms with Crippen LogP contribution in [-0.2, 0) is 0 Å². The van der Waals surface area contributed by atoms with E-state index in [1.54, 1.807) is 36.4 Å². The van der Waals surface area contributed by atoms with Gasteiger partial charge in [0, 0.05) is 0 Å². The number of ketones is 1. The lowest BCUT2D eigenvalue weighted by atomic mass is 9.93. The lowest BCUT2D eigenvalue weighted by Crippen LogP contribution is -2.36. The number of Topliss-reactive ketones (excluding diaryl/α,β-unsaturated/α-hetero) is 1. The van der Waals surface area contributed by atoms with Gasteiger partial charge in [0.05, 0.1) is 5.56 Å². The number of benzene rings is 2. The molecule has 0 bridgehead atoms. The SMILES string of the molecule is O=C1c2ccccc2O[C@H](c2ccc(O)cc2)[C@@H]1O. The van der Waals surface area contributed by atoms with E-state index in [-0.39, 0.29) is 11.5 Å². The molecule has 3 rings (SSSR count). The molecule has 0 radical (unpaired) electrons. The van der Waals surface area contributed by atoms with Crippen molar-refractivity contribution in [3.63, 3.8) is 0 Å². The number of para-hydroxylation sites is 1. The number of aliphatic hydroxyl groups excluding tert-OH is 1. The molecule has 0 aromatic heterocycles. The summed E-state index contributed by atoms with van der Waals surface area (Å²) >= 11 is 0. The van der Waals surface area contributed by atoms with Crippen molar-refractivity contribution in [1.82, 2.24) is 0 Å². The zero-order valence-corrected chi connectivity index (χ0v) is 9.98. The van der Waals surface area contributed by atoms with Crippen molar-refractivity contribution in [2.75, 3.05) is 0 Å². The maximum atomic E-state index is 12.1. The van der Waals surface area contributed by atoms with Crippen LogP contribution in [0.1, 0.15) is 22.0 Å². The molecule has 2 aromatic rings. The van der Waals surface area contributed by atoms with Gasteiger partial charge in [-0.05, 0) is 29.8 Å². The number of carbonyl (C=O) groups excluding carboxylic acids is 1. The minimum Gasteiger partial charge on any atom is -0.508 e. The van der Waals surface area contributed by atoms with E-state index in [9.17, 15) is 15.0 Å². The molecule has 0 unspecified atom stereocenters. The first kappa shape index (κ1) is 11.7. The molecule has 0 fully saturated rings. The van der Waals surface area contributed by atoms with Crippen LogP contribution >= 0.6 is 0 Å². The van der Waals surface area contributed by atoms with Crippen LogP contribution in [-0.4, -0.2) is 22.1 Å². The number of aliphatic hydroxyl groups is 1. The Balaban J connectivity index is 2.01. The fourth-order valence-electron chi connectivity index (χ4n) is 2.19. The van der Waals surface area contributed by atoms with E-state index >= 15 is 0 Å². The number of phenols is 1. The molecule has 0 saturated carbocycles. The van der Waals surface area contributed by atoms with Crippen molar-refractivity contribution in [3.8, 4) is 11.5 Å². The molecular weight excluding hydrogens is 244 g/mol. The van der Waals surface area contributed by atoms with E-state index in [1.807, 2.05) is 0 Å². The van der Waals surface area contributed by atoms with E-state index in [1.165, 1.54) is 12.1 Å². The number of ether oxygens (including phenoxy) is 1. The third kappa shape index (κ3) is 1.96. The fourth-order valence-corrected chi connectivity index (χ4v) is 2.19. The minimum absolute atomic E-state index is 0.126. The zero-order chi connectivity index (χ0) is 13.4. The topological polar surface area (TPSA) is 66.8 Å². The Hall–Kier alpha value is -2.33. The Bertz CT molecular complexity index is 618. The summed E-state index contributed by atoms with van der Waals surface area (Å²) in [7, 11) is 0. The lowest BCUT2D eigenvalue weighted by Gasteiger charge is -2.29. The number of hydrogen-bond donors (Lipinski definition) is 2. The maximum Gasteiger partial charge on any atom is 0.199 e. The third-order valence-electron chi connectivity index (χ3n) is 3.18. The summed E-state index contributed by atoms with van der Waals surface area (Å²) in [6.07, 6.45) is -1.98. The van der Waals surface area contributed by atoms with Crippen LogP contribution in [0.2, 0.25) is 0 Å². The Kier molecular flexibility index (Phi) is 2.72. The fraction of sp³-hybridized carbons (Fsp3) is 0.133. The van der Waals surface area contributed by atoms with Crippen LogP contribution in [0.5, 0.6) is 11.5 Å². The molecule has 96 valence electrons. The average Bonchev–Trinajstić information content (AvgIpc) is 2.44. The van der Waals surface area contributed by atoms with Gasteiger partial charge in [-0.25, -0.2) is 0 Å². The second kappa shape index (κ2) is 4.40. The van der Waals surface area contributed by atoms with Crippen LogP contribution < -0.4 is 4.74 Å². The Labute approximate surface area is 109 Å². The lowest BCUT2D eigenvalue weighted by molar-refractivity contribution is 0.0216. The van der Waals surface area contributed by atoms with Gasteiger partial charge >= 0.3 is 0 Å². The number of fused-ring (bicyclic) bond motifs is 1. The van der Waals surface area contributed by atoms with Crippen LogP contribution in [0.3, 0.4) is 0 Å². The highest BCUT2D eigenvalue weighted by Gasteiger charge is 2.36. The monoisotopic (exact) mass is 256 g/mol. The molecule has 2 aromatic carbocycles. The summed E-state index contributed by atoms with van der Waals surface area (Å²) in [6.45, 7) is 0. The average molecular weight is 256 g/mol. The first-order valence-electron chi connectivity index (χ1n) is 5.94. The summed E-state index contributed by atoms with van der Waals surface area (Å²) in [6, 6.07) is 13.1. The molecule has 0 aliphatic carbocycles. The maximum absolute atomic E-state index is 12.1. The Morgan fingerprint density at radius 1 is 1.00 bits per heavy atom. The molecule has 2 atom stereocenters. The van der Waals surface area contributed by atoms with Crippen molar-refractivity contribution in [2.45, 2.75) is 12.2 Å². The molecule has 1 aliphatic heterocycles. The van der Waals surface area contributed by atoms with Gasteiger partial charge in [-0.2, -0.15) is 0 Å². The quantitative estimate of drug-likeness (QED) is 0.819. The number of carbonyl (C=O) groups is 1. The molecule has 2 N–H and O–H groups in total. The molecule has 0 amide bonds. The molecule has 0 saturated heterocycles. The van der Waals surface area contributed by atoms with Gasteiger partial charge in [-0.3, -0.25) is 4.79 Å². The largest absolute Gasteiger partial charge is 0.508 e. The van der Waals surface area contributed by atoms with Crippen LogP contribution in [0, 0.1) is 0 Å². The molecule has 4 heteroatoms. The van der Waals surface area contributed by atoms with Gasteiger partial charge in [0.25, 0.3) is 0 Å². The third-order valence-corrected chi connectivity index (χ3v) is 3.18. The number of phenolic OH excluding ortho intramolecular Hbond substituents is 1. The first-order chi connectivity index (χ1) is 9.16. The van der Waals surface area contributed by atoms with Gasteiger partial charge in [0.2, 0.25) is 0 Å². The summed E-state index contributed by atoms with van der Waals surface area (Å²) in [5.41, 5.74) is 1.04. The number of aromatic hydroxyl groups is 1. The molecule has 19 heavy (non-hydrogen) atoms. The molecule has 0 spiro atoms. The van der Waals surface area contributed by atoms with E-state index in [2.05, 4.69) is 0 Å². The zero-order valence-electron chi connectivity index (χ0n) is 9.98. The van der Waals surface area contributed by atoms with Crippen LogP contribution in [0.15, 0.2) is 48.5 Å². The smallest absolute Gasteiger partial charge is 0.199 e. The molecule has 1 heterocycles. The van der Waals surface area contributed by atoms with E-state index in [0.29, 0.717) is 16.9 Å². The Morgan fingerprint density at radius 2 is 1.68 bits per heavy atom. The summed E-state index contributed by atoms with van der Waals surface area (Å²) in [4.78, 5) is 12.1. The van der Waals surface area contributed by atoms with Crippen molar-refractivity contribution in [3.05, 3.63) is 59.7 Å². The van der Waals surface area contributed by atoms with Crippen LogP contribution in [0.25, 0.3) is 0 Å². The summed E-state index contributed by atoms with van der Waals surface area (Å²) in [5.74, 6) is 0.247. The van der Waals surface area contributed by atoms with E-state index in [0.717, 1.165) is 0 Å². The highest BCUT2D eigenvalue weighted by Crippen LogP contribution is 2.35. The molecular formula is C15H12O4. The molecule has 4 nitrogen and oxygen atoms in total. The van der Waals surface area contributed by atoms with Gasteiger partial charge < -0.3 is 14.9 Å². The minimum atomic E-state index is -1.24. The van der Waals surface area contributed by atoms with Crippen LogP contribution in [0.4, 0.5) is 0 Å². The van der Waals surface area contributed by atoms with Crippen molar-refractivity contribution >= 4 is 5.78 Å².